The zero-order chi connectivity index (χ0) is 22.0. The Balaban J connectivity index is 0.000000989. The summed E-state index contributed by atoms with van der Waals surface area (Å²) in [4.78, 5) is 17.7. The number of aromatic nitrogens is 2. The maximum absolute atomic E-state index is 12.8. The monoisotopic (exact) mass is 400 g/mol. The first-order valence-electron chi connectivity index (χ1n) is 11.2. The van der Waals surface area contributed by atoms with Gasteiger partial charge in [-0.2, -0.15) is 0 Å². The third-order valence-electron chi connectivity index (χ3n) is 4.89. The number of benzene rings is 1. The summed E-state index contributed by atoms with van der Waals surface area (Å²) in [5.74, 6) is 1.06. The summed E-state index contributed by atoms with van der Waals surface area (Å²) in [7, 11) is 0. The molecule has 1 aliphatic rings. The summed E-state index contributed by atoms with van der Waals surface area (Å²) in [6.45, 7) is 18.6. The molecule has 1 atom stereocenters. The van der Waals surface area contributed by atoms with E-state index in [9.17, 15) is 4.79 Å². The Kier molecular flexibility index (Phi) is 10.7. The van der Waals surface area contributed by atoms with Crippen molar-refractivity contribution in [2.45, 2.75) is 80.9 Å². The molecular weight excluding hydrogens is 360 g/mol. The molecule has 3 rings (SSSR count). The smallest absolute Gasteiger partial charge is 0.259 e. The fourth-order valence-corrected chi connectivity index (χ4v) is 3.39. The Morgan fingerprint density at radius 1 is 1.14 bits per heavy atom. The first kappa shape index (κ1) is 24.9. The Hall–Kier alpha value is -2.14. The number of rotatable bonds is 5. The van der Waals surface area contributed by atoms with Crippen molar-refractivity contribution in [3.8, 4) is 0 Å². The number of nitrogens with zero attached hydrogens (tertiary/aromatic N) is 2. The SMILES string of the molecule is CC.CC.CCn1c(NC(c2ccc(C)cc2)C(C)C)nc2c(c1=O)CNCC2. The highest BCUT2D eigenvalue weighted by Gasteiger charge is 2.22. The summed E-state index contributed by atoms with van der Waals surface area (Å²) in [6, 6.07) is 8.69. The zero-order valence-corrected chi connectivity index (χ0v) is 19.6. The number of hydrogen-bond acceptors (Lipinski definition) is 4. The van der Waals surface area contributed by atoms with Crippen LogP contribution in [-0.2, 0) is 19.5 Å². The van der Waals surface area contributed by atoms with Gasteiger partial charge in [0.15, 0.2) is 0 Å². The summed E-state index contributed by atoms with van der Waals surface area (Å²) in [5.41, 5.74) is 4.29. The lowest BCUT2D eigenvalue weighted by Crippen LogP contribution is -2.36. The minimum absolute atomic E-state index is 0.0774. The Morgan fingerprint density at radius 2 is 1.76 bits per heavy atom. The van der Waals surface area contributed by atoms with E-state index in [4.69, 9.17) is 4.98 Å². The van der Waals surface area contributed by atoms with E-state index in [1.54, 1.807) is 4.57 Å². The largest absolute Gasteiger partial charge is 0.348 e. The van der Waals surface area contributed by atoms with Crippen molar-refractivity contribution in [1.82, 2.24) is 14.9 Å². The predicted octanol–water partition coefficient (Wildman–Crippen LogP) is 5.08. The maximum atomic E-state index is 12.8. The molecule has 5 heteroatoms. The molecule has 2 aromatic rings. The molecule has 1 aromatic heterocycles. The molecule has 1 aromatic carbocycles. The molecule has 29 heavy (non-hydrogen) atoms. The van der Waals surface area contributed by atoms with Gasteiger partial charge in [-0.15, -0.1) is 0 Å². The second-order valence-corrected chi connectivity index (χ2v) is 7.11. The van der Waals surface area contributed by atoms with E-state index in [2.05, 4.69) is 55.7 Å². The molecule has 0 spiro atoms. The molecule has 0 radical (unpaired) electrons. The van der Waals surface area contributed by atoms with Gasteiger partial charge in [-0.3, -0.25) is 9.36 Å². The number of fused-ring (bicyclic) bond motifs is 1. The topological polar surface area (TPSA) is 59.0 Å². The molecule has 1 unspecified atom stereocenters. The van der Waals surface area contributed by atoms with Crippen molar-refractivity contribution in [2.75, 3.05) is 11.9 Å². The van der Waals surface area contributed by atoms with Gasteiger partial charge in [0.05, 0.1) is 17.3 Å². The van der Waals surface area contributed by atoms with Gasteiger partial charge in [0, 0.05) is 26.1 Å². The molecule has 0 aliphatic carbocycles. The predicted molar refractivity (Wildman–Crippen MR) is 125 cm³/mol. The molecule has 2 N–H and O–H groups in total. The van der Waals surface area contributed by atoms with Gasteiger partial charge in [0.1, 0.15) is 0 Å². The molecule has 5 nitrogen and oxygen atoms in total. The van der Waals surface area contributed by atoms with Crippen molar-refractivity contribution < 1.29 is 0 Å². The van der Waals surface area contributed by atoms with E-state index in [0.717, 1.165) is 24.2 Å². The van der Waals surface area contributed by atoms with Crippen LogP contribution in [0.2, 0.25) is 0 Å². The summed E-state index contributed by atoms with van der Waals surface area (Å²) < 4.78 is 1.76. The third kappa shape index (κ3) is 6.17. The standard InChI is InChI=1S/C20H28N4O.2C2H6/c1-5-24-19(25)16-12-21-11-10-17(16)22-20(24)23-18(13(2)3)15-8-6-14(4)7-9-15;2*1-2/h6-9,13,18,21H,5,10-12H2,1-4H3,(H,22,23);2*1-2H3. The number of aryl methyl sites for hydroxylation is 1. The molecule has 0 saturated heterocycles. The van der Waals surface area contributed by atoms with Crippen molar-refractivity contribution in [3.05, 3.63) is 57.0 Å². The van der Waals surface area contributed by atoms with E-state index >= 15 is 0 Å². The highest BCUT2D eigenvalue weighted by molar-refractivity contribution is 5.38. The molecular formula is C24H40N4O. The molecule has 0 fully saturated rings. The van der Waals surface area contributed by atoms with Gasteiger partial charge in [0.2, 0.25) is 5.95 Å². The quantitative estimate of drug-likeness (QED) is 0.735. The lowest BCUT2D eigenvalue weighted by atomic mass is 9.95. The van der Waals surface area contributed by atoms with Crippen molar-refractivity contribution in [2.24, 2.45) is 5.92 Å². The highest BCUT2D eigenvalue weighted by atomic mass is 16.1. The van der Waals surface area contributed by atoms with Crippen LogP contribution < -0.4 is 16.2 Å². The van der Waals surface area contributed by atoms with Crippen molar-refractivity contribution in [1.29, 1.82) is 0 Å². The number of hydrogen-bond donors (Lipinski definition) is 2. The third-order valence-corrected chi connectivity index (χ3v) is 4.89. The summed E-state index contributed by atoms with van der Waals surface area (Å²) in [5, 5.41) is 6.83. The van der Waals surface area contributed by atoms with Gasteiger partial charge in [-0.1, -0.05) is 71.4 Å². The number of anilines is 1. The molecule has 0 amide bonds. The number of nitrogens with one attached hydrogen (secondary N) is 2. The van der Waals surface area contributed by atoms with Crippen LogP contribution >= 0.6 is 0 Å². The van der Waals surface area contributed by atoms with Crippen LogP contribution in [0, 0.1) is 12.8 Å². The first-order valence-corrected chi connectivity index (χ1v) is 11.2. The Morgan fingerprint density at radius 3 is 2.31 bits per heavy atom. The zero-order valence-electron chi connectivity index (χ0n) is 19.6. The molecule has 2 heterocycles. The van der Waals surface area contributed by atoms with Gasteiger partial charge >= 0.3 is 0 Å². The van der Waals surface area contributed by atoms with E-state index in [1.807, 2.05) is 34.6 Å². The van der Waals surface area contributed by atoms with Crippen molar-refractivity contribution in [3.63, 3.8) is 0 Å². The average molecular weight is 401 g/mol. The van der Waals surface area contributed by atoms with Crippen molar-refractivity contribution >= 4 is 5.95 Å². The van der Waals surface area contributed by atoms with Crippen LogP contribution in [0.4, 0.5) is 5.95 Å². The van der Waals surface area contributed by atoms with Crippen LogP contribution in [0.1, 0.15) is 76.9 Å². The second kappa shape index (κ2) is 12.4. The van der Waals surface area contributed by atoms with Gasteiger partial charge < -0.3 is 10.6 Å². The van der Waals surface area contributed by atoms with Crippen LogP contribution in [0.15, 0.2) is 29.1 Å². The van der Waals surface area contributed by atoms with Crippen LogP contribution in [0.5, 0.6) is 0 Å². The van der Waals surface area contributed by atoms with E-state index in [0.29, 0.717) is 25.0 Å². The lowest BCUT2D eigenvalue weighted by Gasteiger charge is -2.27. The molecule has 162 valence electrons. The Bertz CT molecular complexity index is 794. The Labute approximate surface area is 177 Å². The fourth-order valence-electron chi connectivity index (χ4n) is 3.39. The van der Waals surface area contributed by atoms with Crippen LogP contribution in [0.25, 0.3) is 0 Å². The fraction of sp³-hybridized carbons (Fsp3) is 0.583. The van der Waals surface area contributed by atoms with Gasteiger partial charge in [-0.05, 0) is 25.3 Å². The normalized spacial score (nSPS) is 13.4. The first-order chi connectivity index (χ1) is 14.0. The van der Waals surface area contributed by atoms with Gasteiger partial charge in [0.25, 0.3) is 5.56 Å². The maximum Gasteiger partial charge on any atom is 0.259 e. The molecule has 0 bridgehead atoms. The summed E-state index contributed by atoms with van der Waals surface area (Å²) >= 11 is 0. The summed E-state index contributed by atoms with van der Waals surface area (Å²) in [6.07, 6.45) is 0.806. The highest BCUT2D eigenvalue weighted by Crippen LogP contribution is 2.26. The van der Waals surface area contributed by atoms with Crippen LogP contribution in [0.3, 0.4) is 0 Å². The minimum Gasteiger partial charge on any atom is -0.348 e. The average Bonchev–Trinajstić information content (AvgIpc) is 2.76. The lowest BCUT2D eigenvalue weighted by molar-refractivity contribution is 0.530. The van der Waals surface area contributed by atoms with E-state index in [1.165, 1.54) is 11.1 Å². The molecule has 1 aliphatic heterocycles. The molecule has 0 saturated carbocycles. The second-order valence-electron chi connectivity index (χ2n) is 7.11. The van der Waals surface area contributed by atoms with E-state index in [-0.39, 0.29) is 11.6 Å². The van der Waals surface area contributed by atoms with Gasteiger partial charge in [-0.25, -0.2) is 4.98 Å². The van der Waals surface area contributed by atoms with E-state index < -0.39 is 0 Å². The van der Waals surface area contributed by atoms with Crippen LogP contribution in [-0.4, -0.2) is 16.1 Å². The minimum atomic E-state index is 0.0774.